The quantitative estimate of drug-likeness (QED) is 0.879. The summed E-state index contributed by atoms with van der Waals surface area (Å²) in [6, 6.07) is 0.844. The van der Waals surface area contributed by atoms with Gasteiger partial charge in [0.15, 0.2) is 0 Å². The lowest BCUT2D eigenvalue weighted by molar-refractivity contribution is 0.207. The van der Waals surface area contributed by atoms with E-state index in [1.165, 1.54) is 6.42 Å². The zero-order chi connectivity index (χ0) is 12.7. The van der Waals surface area contributed by atoms with Crippen LogP contribution in [0, 0.1) is 0 Å². The first-order valence-corrected chi connectivity index (χ1v) is 6.89. The molecule has 0 saturated carbocycles. The van der Waals surface area contributed by atoms with Crippen LogP contribution in [0.2, 0.25) is 0 Å². The number of nitrogens with one attached hydrogen (secondary N) is 1. The molecule has 4 heterocycles. The van der Waals surface area contributed by atoms with Gasteiger partial charge < -0.3 is 0 Å². The molecule has 0 aromatic carbocycles. The smallest absolute Gasteiger partial charge is 0.141 e. The van der Waals surface area contributed by atoms with Gasteiger partial charge in [0, 0.05) is 13.0 Å². The summed E-state index contributed by atoms with van der Waals surface area (Å²) in [7, 11) is 0. The van der Waals surface area contributed by atoms with Crippen LogP contribution < -0.4 is 0 Å². The molecule has 7 heteroatoms. The van der Waals surface area contributed by atoms with Crippen LogP contribution in [0.5, 0.6) is 0 Å². The first-order valence-electron chi connectivity index (χ1n) is 6.89. The molecule has 2 aliphatic rings. The number of rotatable bonds is 3. The topological polar surface area (TPSA) is 75.5 Å². The van der Waals surface area contributed by atoms with Gasteiger partial charge in [0.05, 0.1) is 12.1 Å². The van der Waals surface area contributed by atoms with E-state index in [4.69, 9.17) is 0 Å². The van der Waals surface area contributed by atoms with Crippen LogP contribution in [0.25, 0.3) is 0 Å². The first-order chi connectivity index (χ1) is 9.42. The summed E-state index contributed by atoms with van der Waals surface area (Å²) in [5, 5.41) is 11.3. The van der Waals surface area contributed by atoms with Crippen molar-refractivity contribution in [2.24, 2.45) is 0 Å². The van der Waals surface area contributed by atoms with Crippen molar-refractivity contribution in [3.8, 4) is 0 Å². The molecule has 100 valence electrons. The van der Waals surface area contributed by atoms with Crippen LogP contribution in [0.3, 0.4) is 0 Å². The van der Waals surface area contributed by atoms with E-state index in [1.54, 1.807) is 12.7 Å². The van der Waals surface area contributed by atoms with Gasteiger partial charge in [0.25, 0.3) is 0 Å². The normalized spacial score (nSPS) is 26.9. The summed E-state index contributed by atoms with van der Waals surface area (Å²) in [5.74, 6) is 2.12. The van der Waals surface area contributed by atoms with Crippen molar-refractivity contribution in [1.82, 2.24) is 34.8 Å². The average Bonchev–Trinajstić information content (AvgIpc) is 3.15. The molecule has 1 unspecified atom stereocenters. The second-order valence-electron chi connectivity index (χ2n) is 5.34. The number of hydrogen-bond donors (Lipinski definition) is 1. The Morgan fingerprint density at radius 1 is 1.26 bits per heavy atom. The van der Waals surface area contributed by atoms with Crippen molar-refractivity contribution in [1.29, 1.82) is 0 Å². The van der Waals surface area contributed by atoms with Gasteiger partial charge >= 0.3 is 0 Å². The number of fused-ring (bicyclic) bond motifs is 1. The highest BCUT2D eigenvalue weighted by Crippen LogP contribution is 2.33. The van der Waals surface area contributed by atoms with Crippen LogP contribution >= 0.6 is 0 Å². The van der Waals surface area contributed by atoms with Gasteiger partial charge in [-0.05, 0) is 25.8 Å². The monoisotopic (exact) mass is 259 g/mol. The fourth-order valence-corrected chi connectivity index (χ4v) is 3.35. The first kappa shape index (κ1) is 11.1. The van der Waals surface area contributed by atoms with Crippen molar-refractivity contribution < 1.29 is 0 Å². The van der Waals surface area contributed by atoms with Crippen LogP contribution in [0.4, 0.5) is 0 Å². The van der Waals surface area contributed by atoms with Gasteiger partial charge in [-0.1, -0.05) is 0 Å². The van der Waals surface area contributed by atoms with Crippen molar-refractivity contribution in [3.05, 3.63) is 24.3 Å². The lowest BCUT2D eigenvalue weighted by atomic mass is 10.1. The van der Waals surface area contributed by atoms with Crippen molar-refractivity contribution in [3.63, 3.8) is 0 Å². The van der Waals surface area contributed by atoms with Gasteiger partial charge in [-0.3, -0.25) is 10.00 Å². The molecule has 0 aliphatic carbocycles. The summed E-state index contributed by atoms with van der Waals surface area (Å²) in [6.45, 7) is 2.16. The van der Waals surface area contributed by atoms with Crippen LogP contribution in [-0.4, -0.2) is 47.9 Å². The zero-order valence-corrected chi connectivity index (χ0v) is 10.7. The minimum absolute atomic E-state index is 0.384. The standard InChI is InChI=1S/C12H17N7/c1-2-10(12-14-7-15-17-12)18(5-1)6-9-3-4-11-13-8-16-19(9)11/h7-10H,1-6H2,(H,14,15,17)/t9?,10-/m0/s1. The third-order valence-corrected chi connectivity index (χ3v) is 4.25. The Morgan fingerprint density at radius 3 is 3.16 bits per heavy atom. The summed E-state index contributed by atoms with van der Waals surface area (Å²) in [5.41, 5.74) is 0. The molecule has 1 N–H and O–H groups in total. The predicted molar refractivity (Wildman–Crippen MR) is 67.3 cm³/mol. The summed E-state index contributed by atoms with van der Waals surface area (Å²) in [4.78, 5) is 11.1. The number of nitrogens with zero attached hydrogens (tertiary/aromatic N) is 6. The van der Waals surface area contributed by atoms with E-state index in [1.807, 2.05) is 0 Å². The van der Waals surface area contributed by atoms with Gasteiger partial charge in [-0.2, -0.15) is 10.2 Å². The zero-order valence-electron chi connectivity index (χ0n) is 10.7. The molecule has 4 rings (SSSR count). The molecule has 2 aromatic heterocycles. The molecule has 7 nitrogen and oxygen atoms in total. The van der Waals surface area contributed by atoms with E-state index in [0.717, 1.165) is 44.0 Å². The molecular weight excluding hydrogens is 242 g/mol. The van der Waals surface area contributed by atoms with Gasteiger partial charge in [0.1, 0.15) is 24.3 Å². The Labute approximate surface area is 111 Å². The van der Waals surface area contributed by atoms with E-state index < -0.39 is 0 Å². The van der Waals surface area contributed by atoms with Crippen molar-refractivity contribution in [2.75, 3.05) is 13.1 Å². The predicted octanol–water partition coefficient (Wildman–Crippen LogP) is 0.721. The van der Waals surface area contributed by atoms with E-state index in [0.29, 0.717) is 12.1 Å². The SMILES string of the molecule is c1n[nH]c([C@@H]2CCCN2CC2CCc3ncnn32)n1. The summed E-state index contributed by atoms with van der Waals surface area (Å²) < 4.78 is 2.09. The number of aromatic nitrogens is 6. The molecule has 0 bridgehead atoms. The van der Waals surface area contributed by atoms with Gasteiger partial charge in [-0.15, -0.1) is 0 Å². The molecule has 2 aromatic rings. The fraction of sp³-hybridized carbons (Fsp3) is 0.667. The Bertz CT molecular complexity index is 546. The van der Waals surface area contributed by atoms with E-state index in [-0.39, 0.29) is 0 Å². The molecular formula is C12H17N7. The minimum Gasteiger partial charge on any atom is -0.291 e. The second-order valence-corrected chi connectivity index (χ2v) is 5.34. The summed E-state index contributed by atoms with van der Waals surface area (Å²) >= 11 is 0. The molecule has 1 saturated heterocycles. The molecule has 1 fully saturated rings. The van der Waals surface area contributed by atoms with Crippen LogP contribution in [0.1, 0.15) is 43.0 Å². The Morgan fingerprint density at radius 2 is 2.26 bits per heavy atom. The third-order valence-electron chi connectivity index (χ3n) is 4.25. The highest BCUT2D eigenvalue weighted by Gasteiger charge is 2.32. The van der Waals surface area contributed by atoms with E-state index in [2.05, 4.69) is 34.8 Å². The molecule has 0 spiro atoms. The maximum absolute atomic E-state index is 4.35. The Hall–Kier alpha value is -1.76. The molecule has 2 atom stereocenters. The second kappa shape index (κ2) is 4.41. The molecule has 0 radical (unpaired) electrons. The van der Waals surface area contributed by atoms with Crippen molar-refractivity contribution >= 4 is 0 Å². The number of aromatic amines is 1. The molecule has 19 heavy (non-hydrogen) atoms. The maximum atomic E-state index is 4.35. The number of hydrogen-bond acceptors (Lipinski definition) is 5. The number of H-pyrrole nitrogens is 1. The average molecular weight is 259 g/mol. The van der Waals surface area contributed by atoms with Crippen molar-refractivity contribution in [2.45, 2.75) is 37.8 Å². The fourth-order valence-electron chi connectivity index (χ4n) is 3.35. The van der Waals surface area contributed by atoms with Gasteiger partial charge in [0.2, 0.25) is 0 Å². The molecule has 2 aliphatic heterocycles. The molecule has 0 amide bonds. The van der Waals surface area contributed by atoms with E-state index in [9.17, 15) is 0 Å². The lowest BCUT2D eigenvalue weighted by Gasteiger charge is -2.25. The maximum Gasteiger partial charge on any atom is 0.141 e. The Balaban J connectivity index is 1.51. The Kier molecular flexibility index (Phi) is 2.58. The highest BCUT2D eigenvalue weighted by molar-refractivity contribution is 5.00. The number of aryl methyl sites for hydroxylation is 1. The van der Waals surface area contributed by atoms with Crippen LogP contribution in [0.15, 0.2) is 12.7 Å². The highest BCUT2D eigenvalue weighted by atomic mass is 15.4. The third kappa shape index (κ3) is 1.85. The van der Waals surface area contributed by atoms with E-state index >= 15 is 0 Å². The summed E-state index contributed by atoms with van der Waals surface area (Å²) in [6.07, 6.45) is 7.84. The van der Waals surface area contributed by atoms with Crippen LogP contribution in [-0.2, 0) is 6.42 Å². The minimum atomic E-state index is 0.384. The number of likely N-dealkylation sites (tertiary alicyclic amines) is 1. The largest absolute Gasteiger partial charge is 0.291 e. The lowest BCUT2D eigenvalue weighted by Crippen LogP contribution is -2.30. The van der Waals surface area contributed by atoms with Gasteiger partial charge in [-0.25, -0.2) is 14.6 Å².